The first kappa shape index (κ1) is 23.7. The smallest absolute Gasteiger partial charge is 0.268 e. The van der Waals surface area contributed by atoms with Gasteiger partial charge in [-0.1, -0.05) is 11.6 Å². The molecule has 9 nitrogen and oxygen atoms in total. The van der Waals surface area contributed by atoms with Gasteiger partial charge >= 0.3 is 0 Å². The molecule has 1 aromatic heterocycles. The summed E-state index contributed by atoms with van der Waals surface area (Å²) in [4.78, 5) is 42.0. The summed E-state index contributed by atoms with van der Waals surface area (Å²) in [6.07, 6.45) is -0.123. The van der Waals surface area contributed by atoms with E-state index in [4.69, 9.17) is 16.7 Å². The molecule has 1 atom stereocenters. The molecule has 0 bridgehead atoms. The second-order valence-corrected chi connectivity index (χ2v) is 8.40. The van der Waals surface area contributed by atoms with Crippen LogP contribution in [0.5, 0.6) is 0 Å². The SMILES string of the molecule is O=C(NCCO)c1cc2cc(N3CC[C@@](O)(C(=O)NCc4cc(F)cc(Cl)c4)C3=O)ccc2[nH]1. The summed E-state index contributed by atoms with van der Waals surface area (Å²) in [5, 5.41) is 25.5. The van der Waals surface area contributed by atoms with Crippen molar-refractivity contribution in [3.05, 3.63) is 64.6 Å². The van der Waals surface area contributed by atoms with Crippen LogP contribution in [0, 0.1) is 5.82 Å². The zero-order chi connectivity index (χ0) is 24.5. The van der Waals surface area contributed by atoms with Crippen LogP contribution in [0.3, 0.4) is 0 Å². The molecule has 0 radical (unpaired) electrons. The molecule has 4 rings (SSSR count). The quantitative estimate of drug-likeness (QED) is 0.321. The van der Waals surface area contributed by atoms with Crippen LogP contribution >= 0.6 is 11.6 Å². The van der Waals surface area contributed by atoms with Gasteiger partial charge in [-0.3, -0.25) is 14.4 Å². The first-order valence-electron chi connectivity index (χ1n) is 10.5. The van der Waals surface area contributed by atoms with Crippen LogP contribution in [0.25, 0.3) is 10.9 Å². The van der Waals surface area contributed by atoms with Crippen molar-refractivity contribution in [2.75, 3.05) is 24.6 Å². The third-order valence-corrected chi connectivity index (χ3v) is 5.82. The number of rotatable bonds is 7. The van der Waals surface area contributed by atoms with Crippen LogP contribution in [0.15, 0.2) is 42.5 Å². The zero-order valence-electron chi connectivity index (χ0n) is 17.9. The Labute approximate surface area is 198 Å². The topological polar surface area (TPSA) is 135 Å². The average Bonchev–Trinajstić information content (AvgIpc) is 3.36. The lowest BCUT2D eigenvalue weighted by atomic mass is 10.0. The van der Waals surface area contributed by atoms with Gasteiger partial charge in [-0.15, -0.1) is 0 Å². The van der Waals surface area contributed by atoms with Gasteiger partial charge in [-0.05, 0) is 48.0 Å². The molecular formula is C23H22ClFN4O5. The number of hydrogen-bond donors (Lipinski definition) is 5. The van der Waals surface area contributed by atoms with E-state index in [0.717, 1.165) is 6.07 Å². The Morgan fingerprint density at radius 3 is 2.71 bits per heavy atom. The number of aliphatic hydroxyl groups is 2. The highest BCUT2D eigenvalue weighted by molar-refractivity contribution is 6.30. The number of halogens is 2. The molecule has 1 aliphatic heterocycles. The largest absolute Gasteiger partial charge is 0.395 e. The molecule has 0 aliphatic carbocycles. The van der Waals surface area contributed by atoms with Crippen molar-refractivity contribution in [2.45, 2.75) is 18.6 Å². The lowest BCUT2D eigenvalue weighted by Gasteiger charge is -2.22. The summed E-state index contributed by atoms with van der Waals surface area (Å²) >= 11 is 5.82. The number of carbonyl (C=O) groups excluding carboxylic acids is 3. The van der Waals surface area contributed by atoms with Gasteiger partial charge in [-0.25, -0.2) is 4.39 Å². The first-order valence-corrected chi connectivity index (χ1v) is 10.9. The van der Waals surface area contributed by atoms with E-state index in [1.807, 2.05) is 0 Å². The van der Waals surface area contributed by atoms with E-state index >= 15 is 0 Å². The summed E-state index contributed by atoms with van der Waals surface area (Å²) in [5.74, 6) is -2.61. The van der Waals surface area contributed by atoms with Crippen LogP contribution in [-0.4, -0.2) is 58.2 Å². The van der Waals surface area contributed by atoms with Crippen LogP contribution in [-0.2, 0) is 16.1 Å². The lowest BCUT2D eigenvalue weighted by Crippen LogP contribution is -2.52. The van der Waals surface area contributed by atoms with Crippen LogP contribution in [0.1, 0.15) is 22.5 Å². The molecule has 3 amide bonds. The van der Waals surface area contributed by atoms with Crippen molar-refractivity contribution in [2.24, 2.45) is 0 Å². The van der Waals surface area contributed by atoms with E-state index < -0.39 is 23.2 Å². The highest BCUT2D eigenvalue weighted by Crippen LogP contribution is 2.31. The van der Waals surface area contributed by atoms with Gasteiger partial charge in [0.2, 0.25) is 5.60 Å². The van der Waals surface area contributed by atoms with E-state index in [0.29, 0.717) is 27.8 Å². The van der Waals surface area contributed by atoms with Crippen molar-refractivity contribution in [3.8, 4) is 0 Å². The highest BCUT2D eigenvalue weighted by Gasteiger charge is 2.51. The van der Waals surface area contributed by atoms with Gasteiger partial charge < -0.3 is 30.7 Å². The maximum Gasteiger partial charge on any atom is 0.268 e. The van der Waals surface area contributed by atoms with Crippen molar-refractivity contribution in [1.82, 2.24) is 15.6 Å². The van der Waals surface area contributed by atoms with E-state index in [2.05, 4.69) is 15.6 Å². The number of carbonyl (C=O) groups is 3. The predicted octanol–water partition coefficient (Wildman–Crippen LogP) is 1.47. The molecule has 2 heterocycles. The fourth-order valence-corrected chi connectivity index (χ4v) is 4.12. The number of aromatic nitrogens is 1. The summed E-state index contributed by atoms with van der Waals surface area (Å²) in [6, 6.07) is 10.4. The number of H-pyrrole nitrogens is 1. The van der Waals surface area contributed by atoms with Crippen molar-refractivity contribution in [3.63, 3.8) is 0 Å². The van der Waals surface area contributed by atoms with E-state index in [9.17, 15) is 23.9 Å². The average molecular weight is 489 g/mol. The third-order valence-electron chi connectivity index (χ3n) is 5.61. The molecule has 34 heavy (non-hydrogen) atoms. The van der Waals surface area contributed by atoms with Gasteiger partial charge in [0.25, 0.3) is 17.7 Å². The number of amides is 3. The monoisotopic (exact) mass is 488 g/mol. The van der Waals surface area contributed by atoms with Crippen molar-refractivity contribution in [1.29, 1.82) is 0 Å². The number of nitrogens with one attached hydrogen (secondary N) is 3. The van der Waals surface area contributed by atoms with E-state index in [1.54, 1.807) is 24.3 Å². The minimum Gasteiger partial charge on any atom is -0.395 e. The van der Waals surface area contributed by atoms with Gasteiger partial charge in [0.1, 0.15) is 11.5 Å². The molecule has 3 aromatic rings. The Balaban J connectivity index is 1.48. The number of aromatic amines is 1. The Morgan fingerprint density at radius 1 is 1.18 bits per heavy atom. The third kappa shape index (κ3) is 4.60. The lowest BCUT2D eigenvalue weighted by molar-refractivity contribution is -0.149. The minimum absolute atomic E-state index is 0.105. The molecule has 0 saturated carbocycles. The molecule has 5 N–H and O–H groups in total. The Morgan fingerprint density at radius 2 is 1.97 bits per heavy atom. The maximum atomic E-state index is 13.5. The second kappa shape index (κ2) is 9.41. The highest BCUT2D eigenvalue weighted by atomic mass is 35.5. The molecule has 11 heteroatoms. The molecule has 2 aromatic carbocycles. The normalized spacial score (nSPS) is 17.9. The summed E-state index contributed by atoms with van der Waals surface area (Å²) in [6.45, 7) is -0.0645. The number of benzene rings is 2. The molecule has 1 aliphatic rings. The fourth-order valence-electron chi connectivity index (χ4n) is 3.88. The number of nitrogens with zero attached hydrogens (tertiary/aromatic N) is 1. The zero-order valence-corrected chi connectivity index (χ0v) is 18.7. The number of hydrogen-bond acceptors (Lipinski definition) is 5. The number of fused-ring (bicyclic) bond motifs is 1. The predicted molar refractivity (Wildman–Crippen MR) is 123 cm³/mol. The molecular weight excluding hydrogens is 467 g/mol. The van der Waals surface area contributed by atoms with Gasteiger partial charge in [0.15, 0.2) is 0 Å². The van der Waals surface area contributed by atoms with Crippen LogP contribution in [0.2, 0.25) is 5.02 Å². The van der Waals surface area contributed by atoms with Gasteiger partial charge in [0.05, 0.1) is 6.61 Å². The van der Waals surface area contributed by atoms with Crippen molar-refractivity contribution < 1.29 is 29.0 Å². The Hall–Kier alpha value is -3.47. The number of anilines is 1. The van der Waals surface area contributed by atoms with Gasteiger partial charge in [-0.2, -0.15) is 0 Å². The summed E-state index contributed by atoms with van der Waals surface area (Å²) < 4.78 is 13.5. The van der Waals surface area contributed by atoms with Crippen LogP contribution < -0.4 is 15.5 Å². The van der Waals surface area contributed by atoms with E-state index in [-0.39, 0.29) is 43.6 Å². The molecule has 0 unspecified atom stereocenters. The fraction of sp³-hybridized carbons (Fsp3) is 0.261. The summed E-state index contributed by atoms with van der Waals surface area (Å²) in [5.41, 5.74) is -0.465. The van der Waals surface area contributed by atoms with Crippen molar-refractivity contribution >= 4 is 45.9 Å². The molecule has 178 valence electrons. The van der Waals surface area contributed by atoms with E-state index in [1.165, 1.54) is 17.0 Å². The number of aliphatic hydroxyl groups excluding tert-OH is 1. The van der Waals surface area contributed by atoms with Crippen LogP contribution in [0.4, 0.5) is 10.1 Å². The first-order chi connectivity index (χ1) is 16.2. The second-order valence-electron chi connectivity index (χ2n) is 7.96. The van der Waals surface area contributed by atoms with Gasteiger partial charge in [0, 0.05) is 47.7 Å². The molecule has 0 spiro atoms. The molecule has 1 fully saturated rings. The minimum atomic E-state index is -2.26. The summed E-state index contributed by atoms with van der Waals surface area (Å²) in [7, 11) is 0. The standard InChI is InChI=1S/C23H22ClFN4O5/c24-15-7-13(8-16(25)11-15)12-27-21(32)23(34)3-5-29(22(23)33)17-1-2-18-14(9-17)10-19(28-18)20(31)26-4-6-30/h1-2,7-11,28,30,34H,3-6,12H2,(H,26,31)(H,27,32)/t23-/m1/s1. The Bertz CT molecular complexity index is 1260. The Kier molecular flexibility index (Phi) is 6.56. The molecule has 1 saturated heterocycles. The maximum absolute atomic E-state index is 13.5.